The molecule has 6 nitrogen and oxygen atoms in total. The maximum Gasteiger partial charge on any atom is 0.326 e. The van der Waals surface area contributed by atoms with E-state index in [0.29, 0.717) is 11.2 Å². The molecular weight excluding hydrogens is 254 g/mol. The molecule has 2 aromatic rings. The lowest BCUT2D eigenvalue weighted by atomic mass is 10.2. The van der Waals surface area contributed by atoms with Crippen LogP contribution in [0.2, 0.25) is 0 Å². The van der Waals surface area contributed by atoms with Crippen molar-refractivity contribution in [2.75, 3.05) is 4.90 Å². The summed E-state index contributed by atoms with van der Waals surface area (Å²) in [5.41, 5.74) is 0. The molecule has 0 aromatic carbocycles. The molecule has 7 heteroatoms. The van der Waals surface area contributed by atoms with Crippen molar-refractivity contribution in [2.45, 2.75) is 19.9 Å². The van der Waals surface area contributed by atoms with Crippen molar-refractivity contribution < 1.29 is 14.7 Å². The van der Waals surface area contributed by atoms with Crippen molar-refractivity contribution in [3.05, 3.63) is 17.8 Å². The van der Waals surface area contributed by atoms with Gasteiger partial charge in [0.2, 0.25) is 5.91 Å². The topological polar surface area (TPSA) is 83.4 Å². The van der Waals surface area contributed by atoms with Crippen molar-refractivity contribution in [2.24, 2.45) is 0 Å². The molecule has 1 atom stereocenters. The van der Waals surface area contributed by atoms with Crippen molar-refractivity contribution in [3.8, 4) is 0 Å². The minimum absolute atomic E-state index is 0.337. The third-order valence-electron chi connectivity index (χ3n) is 2.55. The molecule has 0 saturated carbocycles. The van der Waals surface area contributed by atoms with E-state index >= 15 is 0 Å². The number of fused-ring (bicyclic) bond motifs is 1. The maximum atomic E-state index is 11.7. The summed E-state index contributed by atoms with van der Waals surface area (Å²) in [5, 5.41) is 11.6. The monoisotopic (exact) mass is 265 g/mol. The standard InChI is InChI=1S/C11H11N3O3S/c1-6(11(16)17)14(7(2)15)9-8-3-4-18-10(8)13-5-12-9/h3-6H,1-2H3,(H,16,17)/t6-/m0/s1. The number of carbonyl (C=O) groups excluding carboxylic acids is 1. The molecule has 0 fully saturated rings. The summed E-state index contributed by atoms with van der Waals surface area (Å²) in [7, 11) is 0. The van der Waals surface area contributed by atoms with E-state index in [0.717, 1.165) is 4.83 Å². The first-order valence-corrected chi connectivity index (χ1v) is 6.11. The Morgan fingerprint density at radius 3 is 2.78 bits per heavy atom. The number of rotatable bonds is 3. The zero-order valence-corrected chi connectivity index (χ0v) is 10.6. The summed E-state index contributed by atoms with van der Waals surface area (Å²) >= 11 is 1.41. The molecule has 0 radical (unpaired) electrons. The predicted octanol–water partition coefficient (Wildman–Crippen LogP) is 1.52. The number of carboxylic acid groups (broad SMARTS) is 1. The van der Waals surface area contributed by atoms with E-state index in [1.807, 2.05) is 5.38 Å². The molecule has 0 bridgehead atoms. The van der Waals surface area contributed by atoms with Crippen LogP contribution in [-0.2, 0) is 9.59 Å². The highest BCUT2D eigenvalue weighted by atomic mass is 32.1. The molecule has 2 heterocycles. The van der Waals surface area contributed by atoms with Gasteiger partial charge in [0.15, 0.2) is 0 Å². The van der Waals surface area contributed by atoms with E-state index < -0.39 is 12.0 Å². The second-order valence-electron chi connectivity index (χ2n) is 3.74. The number of carboxylic acids is 1. The molecular formula is C11H11N3O3S. The number of aliphatic carboxylic acids is 1. The third kappa shape index (κ3) is 2.04. The quantitative estimate of drug-likeness (QED) is 0.909. The summed E-state index contributed by atoms with van der Waals surface area (Å²) in [6.45, 7) is 2.77. The first-order valence-electron chi connectivity index (χ1n) is 5.23. The second-order valence-corrected chi connectivity index (χ2v) is 4.63. The Hall–Kier alpha value is -2.02. The van der Waals surface area contributed by atoms with Crippen molar-refractivity contribution >= 4 is 39.2 Å². The Kier molecular flexibility index (Phi) is 3.24. The first-order chi connectivity index (χ1) is 8.52. The highest BCUT2D eigenvalue weighted by Gasteiger charge is 2.27. The predicted molar refractivity (Wildman–Crippen MR) is 67.7 cm³/mol. The summed E-state index contributed by atoms with van der Waals surface area (Å²) in [6.07, 6.45) is 1.33. The van der Waals surface area contributed by atoms with E-state index in [1.165, 1.54) is 36.4 Å². The molecule has 0 saturated heterocycles. The van der Waals surface area contributed by atoms with Crippen molar-refractivity contribution in [1.82, 2.24) is 9.97 Å². The normalized spacial score (nSPS) is 12.3. The van der Waals surface area contributed by atoms with Crippen LogP contribution < -0.4 is 4.90 Å². The van der Waals surface area contributed by atoms with E-state index in [-0.39, 0.29) is 5.91 Å². The van der Waals surface area contributed by atoms with Crippen LogP contribution in [-0.4, -0.2) is 33.0 Å². The highest BCUT2D eigenvalue weighted by molar-refractivity contribution is 7.16. The van der Waals surface area contributed by atoms with Crippen LogP contribution in [0.5, 0.6) is 0 Å². The lowest BCUT2D eigenvalue weighted by Crippen LogP contribution is -2.42. The average Bonchev–Trinajstić information content (AvgIpc) is 2.77. The van der Waals surface area contributed by atoms with Gasteiger partial charge >= 0.3 is 5.97 Å². The maximum absolute atomic E-state index is 11.7. The van der Waals surface area contributed by atoms with E-state index in [4.69, 9.17) is 5.11 Å². The lowest BCUT2D eigenvalue weighted by molar-refractivity contribution is -0.139. The molecule has 0 aliphatic heterocycles. The number of carbonyl (C=O) groups is 2. The largest absolute Gasteiger partial charge is 0.480 e. The van der Waals surface area contributed by atoms with Crippen LogP contribution >= 0.6 is 11.3 Å². The van der Waals surface area contributed by atoms with Gasteiger partial charge < -0.3 is 5.11 Å². The number of aromatic nitrogens is 2. The van der Waals surface area contributed by atoms with Crippen molar-refractivity contribution in [1.29, 1.82) is 0 Å². The van der Waals surface area contributed by atoms with Crippen LogP contribution in [0.4, 0.5) is 5.82 Å². The molecule has 1 N–H and O–H groups in total. The highest BCUT2D eigenvalue weighted by Crippen LogP contribution is 2.28. The van der Waals surface area contributed by atoms with Gasteiger partial charge in [0, 0.05) is 6.92 Å². The average molecular weight is 265 g/mol. The van der Waals surface area contributed by atoms with Crippen LogP contribution in [0.3, 0.4) is 0 Å². The number of nitrogens with zero attached hydrogens (tertiary/aromatic N) is 3. The minimum Gasteiger partial charge on any atom is -0.480 e. The zero-order chi connectivity index (χ0) is 13.3. The summed E-state index contributed by atoms with van der Waals surface area (Å²) < 4.78 is 0. The van der Waals surface area contributed by atoms with Gasteiger partial charge in [0.05, 0.1) is 5.39 Å². The molecule has 18 heavy (non-hydrogen) atoms. The van der Waals surface area contributed by atoms with Gasteiger partial charge in [0.1, 0.15) is 23.0 Å². The second kappa shape index (κ2) is 4.69. The van der Waals surface area contributed by atoms with Gasteiger partial charge in [-0.3, -0.25) is 9.69 Å². The summed E-state index contributed by atoms with van der Waals surface area (Å²) in [4.78, 5) is 32.7. The van der Waals surface area contributed by atoms with Gasteiger partial charge in [-0.15, -0.1) is 11.3 Å². The fourth-order valence-electron chi connectivity index (χ4n) is 1.68. The fourth-order valence-corrected chi connectivity index (χ4v) is 2.41. The molecule has 0 spiro atoms. The Morgan fingerprint density at radius 1 is 1.44 bits per heavy atom. The van der Waals surface area contributed by atoms with Gasteiger partial charge in [-0.2, -0.15) is 0 Å². The number of thiophene rings is 1. The Morgan fingerprint density at radius 2 is 2.17 bits per heavy atom. The summed E-state index contributed by atoms with van der Waals surface area (Å²) in [5.74, 6) is -1.10. The SMILES string of the molecule is CC(=O)N(c1ncnc2sccc12)[C@@H](C)C(=O)O. The minimum atomic E-state index is -1.08. The van der Waals surface area contributed by atoms with Gasteiger partial charge in [-0.1, -0.05) is 0 Å². The van der Waals surface area contributed by atoms with Crippen LogP contribution in [0.15, 0.2) is 17.8 Å². The van der Waals surface area contributed by atoms with E-state index in [2.05, 4.69) is 9.97 Å². The van der Waals surface area contributed by atoms with E-state index in [9.17, 15) is 9.59 Å². The van der Waals surface area contributed by atoms with Crippen LogP contribution in [0, 0.1) is 0 Å². The molecule has 1 amide bonds. The third-order valence-corrected chi connectivity index (χ3v) is 3.37. The Balaban J connectivity index is 2.58. The summed E-state index contributed by atoms with van der Waals surface area (Å²) in [6, 6.07) is 0.806. The number of hydrogen-bond acceptors (Lipinski definition) is 5. The van der Waals surface area contributed by atoms with Gasteiger partial charge in [-0.05, 0) is 18.4 Å². The lowest BCUT2D eigenvalue weighted by Gasteiger charge is -2.24. The molecule has 0 aliphatic carbocycles. The smallest absolute Gasteiger partial charge is 0.326 e. The number of amides is 1. The molecule has 0 unspecified atom stereocenters. The zero-order valence-electron chi connectivity index (χ0n) is 9.82. The first kappa shape index (κ1) is 12.4. The Bertz CT molecular complexity index is 610. The number of anilines is 1. The molecule has 2 rings (SSSR count). The van der Waals surface area contributed by atoms with Gasteiger partial charge in [-0.25, -0.2) is 14.8 Å². The molecule has 2 aromatic heterocycles. The fraction of sp³-hybridized carbons (Fsp3) is 0.273. The number of hydrogen-bond donors (Lipinski definition) is 1. The van der Waals surface area contributed by atoms with Crippen molar-refractivity contribution in [3.63, 3.8) is 0 Å². The van der Waals surface area contributed by atoms with Gasteiger partial charge in [0.25, 0.3) is 0 Å². The van der Waals surface area contributed by atoms with Crippen LogP contribution in [0.25, 0.3) is 10.2 Å². The van der Waals surface area contributed by atoms with Crippen LogP contribution in [0.1, 0.15) is 13.8 Å². The van der Waals surface area contributed by atoms with E-state index in [1.54, 1.807) is 6.07 Å². The molecule has 0 aliphatic rings. The Labute approximate surface area is 107 Å². The molecule has 94 valence electrons.